The van der Waals surface area contributed by atoms with Gasteiger partial charge in [0.05, 0.1) is 18.2 Å². The summed E-state index contributed by atoms with van der Waals surface area (Å²) in [5, 5.41) is 5.82. The molecule has 30 heavy (non-hydrogen) atoms. The molecule has 0 unspecified atom stereocenters. The molecule has 0 radical (unpaired) electrons. The predicted octanol–water partition coefficient (Wildman–Crippen LogP) is 3.78. The van der Waals surface area contributed by atoms with Crippen molar-refractivity contribution in [1.82, 2.24) is 5.01 Å². The summed E-state index contributed by atoms with van der Waals surface area (Å²) < 4.78 is 44.2. The molecule has 0 saturated heterocycles. The fraction of sp³-hybridized carbons (Fsp3) is 0.143. The van der Waals surface area contributed by atoms with Gasteiger partial charge in [0.25, 0.3) is 5.91 Å². The Kier molecular flexibility index (Phi) is 5.13. The minimum Gasteiger partial charge on any atom is -0.467 e. The molecule has 7 nitrogen and oxygen atoms in total. The number of carbonyl (C=O) groups excluding carboxylic acids is 1. The summed E-state index contributed by atoms with van der Waals surface area (Å²) in [4.78, 5) is 13.1. The maximum absolute atomic E-state index is 13.2. The zero-order chi connectivity index (χ0) is 21.3. The first-order chi connectivity index (χ1) is 14.3. The predicted molar refractivity (Wildman–Crippen MR) is 110 cm³/mol. The van der Waals surface area contributed by atoms with Crippen LogP contribution in [-0.2, 0) is 10.0 Å². The number of hydrogen-bond donors (Lipinski definition) is 1. The molecule has 1 amide bonds. The Bertz CT molecular complexity index is 1210. The minimum absolute atomic E-state index is 0.297. The Hall–Kier alpha value is -3.46. The summed E-state index contributed by atoms with van der Waals surface area (Å²) in [5.41, 5.74) is 1.97. The average Bonchev–Trinajstić information content (AvgIpc) is 3.37. The largest absolute Gasteiger partial charge is 0.467 e. The van der Waals surface area contributed by atoms with Gasteiger partial charge in [-0.3, -0.25) is 9.52 Å². The van der Waals surface area contributed by atoms with Crippen LogP contribution in [0.15, 0.2) is 76.4 Å². The molecule has 2 aromatic carbocycles. The average molecular weight is 427 g/mol. The number of nitrogens with one attached hydrogen (secondary N) is 1. The summed E-state index contributed by atoms with van der Waals surface area (Å²) in [6.45, 7) is 0. The van der Waals surface area contributed by atoms with Crippen LogP contribution in [0.1, 0.15) is 34.1 Å². The Morgan fingerprint density at radius 1 is 1.17 bits per heavy atom. The lowest BCUT2D eigenvalue weighted by Gasteiger charge is -2.19. The monoisotopic (exact) mass is 427 g/mol. The van der Waals surface area contributed by atoms with Crippen LogP contribution in [0.25, 0.3) is 0 Å². The SMILES string of the molecule is CS(=O)(=O)Nc1cccc(C2=NN(C(=O)c3ccc(F)cc3)[C@H](c3ccco3)C2)c1. The number of anilines is 1. The Morgan fingerprint density at radius 3 is 2.60 bits per heavy atom. The second-order valence-electron chi connectivity index (χ2n) is 6.89. The summed E-state index contributed by atoms with van der Waals surface area (Å²) >= 11 is 0. The molecule has 0 bridgehead atoms. The number of halogens is 1. The van der Waals surface area contributed by atoms with Gasteiger partial charge in [0.1, 0.15) is 17.6 Å². The first kappa shape index (κ1) is 19.8. The maximum atomic E-state index is 13.2. The molecule has 2 heterocycles. The molecular formula is C21H18FN3O4S. The quantitative estimate of drug-likeness (QED) is 0.671. The molecule has 1 aliphatic heterocycles. The van der Waals surface area contributed by atoms with E-state index < -0.39 is 27.8 Å². The van der Waals surface area contributed by atoms with Crippen molar-refractivity contribution in [2.45, 2.75) is 12.5 Å². The molecule has 0 saturated carbocycles. The van der Waals surface area contributed by atoms with E-state index in [0.29, 0.717) is 34.7 Å². The molecule has 4 rings (SSSR count). The molecular weight excluding hydrogens is 409 g/mol. The minimum atomic E-state index is -3.43. The van der Waals surface area contributed by atoms with Gasteiger partial charge in [0.2, 0.25) is 10.0 Å². The first-order valence-electron chi connectivity index (χ1n) is 9.08. The number of carbonyl (C=O) groups is 1. The van der Waals surface area contributed by atoms with E-state index >= 15 is 0 Å². The van der Waals surface area contributed by atoms with Gasteiger partial charge in [-0.15, -0.1) is 0 Å². The first-order valence-corrected chi connectivity index (χ1v) is 11.0. The molecule has 3 aromatic rings. The van der Waals surface area contributed by atoms with E-state index in [1.54, 1.807) is 36.4 Å². The number of benzene rings is 2. The summed E-state index contributed by atoms with van der Waals surface area (Å²) in [6.07, 6.45) is 2.97. The van der Waals surface area contributed by atoms with Crippen molar-refractivity contribution in [2.24, 2.45) is 5.10 Å². The van der Waals surface area contributed by atoms with Crippen LogP contribution in [0.5, 0.6) is 0 Å². The van der Waals surface area contributed by atoms with Crippen molar-refractivity contribution < 1.29 is 22.0 Å². The molecule has 1 atom stereocenters. The van der Waals surface area contributed by atoms with Crippen molar-refractivity contribution >= 4 is 27.3 Å². The fourth-order valence-electron chi connectivity index (χ4n) is 3.28. The number of rotatable bonds is 5. The van der Waals surface area contributed by atoms with Crippen LogP contribution in [0.4, 0.5) is 10.1 Å². The van der Waals surface area contributed by atoms with Gasteiger partial charge in [-0.2, -0.15) is 5.10 Å². The van der Waals surface area contributed by atoms with Gasteiger partial charge in [0, 0.05) is 17.7 Å². The Labute approximate surface area is 172 Å². The second kappa shape index (κ2) is 7.75. The lowest BCUT2D eigenvalue weighted by atomic mass is 10.0. The number of sulfonamides is 1. The van der Waals surface area contributed by atoms with Crippen LogP contribution >= 0.6 is 0 Å². The highest BCUT2D eigenvalue weighted by Gasteiger charge is 2.35. The maximum Gasteiger partial charge on any atom is 0.274 e. The lowest BCUT2D eigenvalue weighted by Crippen LogP contribution is -2.26. The molecule has 0 spiro atoms. The van der Waals surface area contributed by atoms with E-state index in [9.17, 15) is 17.6 Å². The second-order valence-corrected chi connectivity index (χ2v) is 8.64. The third-order valence-electron chi connectivity index (χ3n) is 4.58. The lowest BCUT2D eigenvalue weighted by molar-refractivity contribution is 0.0693. The van der Waals surface area contributed by atoms with Gasteiger partial charge >= 0.3 is 0 Å². The number of amides is 1. The van der Waals surface area contributed by atoms with Crippen molar-refractivity contribution in [2.75, 3.05) is 11.0 Å². The molecule has 0 aliphatic carbocycles. The van der Waals surface area contributed by atoms with Gasteiger partial charge in [-0.05, 0) is 54.1 Å². The van der Waals surface area contributed by atoms with Crippen molar-refractivity contribution in [3.05, 3.63) is 89.6 Å². The van der Waals surface area contributed by atoms with Crippen molar-refractivity contribution in [3.63, 3.8) is 0 Å². The molecule has 9 heteroatoms. The fourth-order valence-corrected chi connectivity index (χ4v) is 3.83. The van der Waals surface area contributed by atoms with Crippen LogP contribution in [0, 0.1) is 5.82 Å². The normalized spacial score (nSPS) is 16.4. The number of hydrogen-bond acceptors (Lipinski definition) is 5. The van der Waals surface area contributed by atoms with Gasteiger partial charge in [-0.25, -0.2) is 17.8 Å². The molecule has 1 N–H and O–H groups in total. The summed E-state index contributed by atoms with van der Waals surface area (Å²) in [6, 6.07) is 15.0. The zero-order valence-electron chi connectivity index (χ0n) is 15.9. The Morgan fingerprint density at radius 2 is 1.93 bits per heavy atom. The highest BCUT2D eigenvalue weighted by atomic mass is 32.2. The summed E-state index contributed by atoms with van der Waals surface area (Å²) in [7, 11) is -3.43. The van der Waals surface area contributed by atoms with Crippen molar-refractivity contribution in [3.8, 4) is 0 Å². The van der Waals surface area contributed by atoms with E-state index in [2.05, 4.69) is 9.82 Å². The number of hydrazone groups is 1. The highest BCUT2D eigenvalue weighted by molar-refractivity contribution is 7.92. The van der Waals surface area contributed by atoms with Gasteiger partial charge < -0.3 is 4.42 Å². The smallest absolute Gasteiger partial charge is 0.274 e. The van der Waals surface area contributed by atoms with Gasteiger partial charge in [-0.1, -0.05) is 12.1 Å². The summed E-state index contributed by atoms with van der Waals surface area (Å²) in [5.74, 6) is -0.263. The van der Waals surface area contributed by atoms with Gasteiger partial charge in [0.15, 0.2) is 0 Å². The molecule has 0 fully saturated rings. The third-order valence-corrected chi connectivity index (χ3v) is 5.19. The van der Waals surface area contributed by atoms with E-state index in [1.165, 1.54) is 35.5 Å². The highest BCUT2D eigenvalue weighted by Crippen LogP contribution is 2.34. The van der Waals surface area contributed by atoms with Crippen LogP contribution in [-0.4, -0.2) is 31.3 Å². The van der Waals surface area contributed by atoms with E-state index in [1.807, 2.05) is 0 Å². The number of furan rings is 1. The van der Waals surface area contributed by atoms with Crippen LogP contribution in [0.3, 0.4) is 0 Å². The van der Waals surface area contributed by atoms with E-state index in [4.69, 9.17) is 4.42 Å². The third kappa shape index (κ3) is 4.25. The standard InChI is InChI=1S/C21H18FN3O4S/c1-30(27,28)24-17-5-2-4-15(12-17)18-13-19(20-6-3-11-29-20)25(23-18)21(26)14-7-9-16(22)10-8-14/h2-12,19,24H,13H2,1H3/t19-/m0/s1. The molecule has 1 aromatic heterocycles. The van der Waals surface area contributed by atoms with E-state index in [-0.39, 0.29) is 0 Å². The van der Waals surface area contributed by atoms with Crippen molar-refractivity contribution in [1.29, 1.82) is 0 Å². The molecule has 1 aliphatic rings. The van der Waals surface area contributed by atoms with Crippen LogP contribution in [0.2, 0.25) is 0 Å². The van der Waals surface area contributed by atoms with Crippen LogP contribution < -0.4 is 4.72 Å². The van der Waals surface area contributed by atoms with E-state index in [0.717, 1.165) is 6.26 Å². The number of nitrogens with zero attached hydrogens (tertiary/aromatic N) is 2. The molecule has 154 valence electrons. The Balaban J connectivity index is 1.69. The zero-order valence-corrected chi connectivity index (χ0v) is 16.8. The topological polar surface area (TPSA) is 92.0 Å².